The fraction of sp³-hybridized carbons (Fsp3) is 0.575. The largest absolute Gasteiger partial charge is 0.449 e. The van der Waals surface area contributed by atoms with Gasteiger partial charge in [0.2, 0.25) is 0 Å². The van der Waals surface area contributed by atoms with Crippen LogP contribution < -0.4 is 15.5 Å². The molecule has 0 bridgehead atoms. The summed E-state index contributed by atoms with van der Waals surface area (Å²) in [5.41, 5.74) is 1.49. The van der Waals surface area contributed by atoms with Crippen molar-refractivity contribution in [2.75, 3.05) is 28.7 Å². The zero-order chi connectivity index (χ0) is 39.7. The number of hydrogen-bond acceptors (Lipinski definition) is 9. The Morgan fingerprint density at radius 3 is 2.33 bits per heavy atom. The van der Waals surface area contributed by atoms with Crippen LogP contribution in [0, 0.1) is 18.7 Å². The zero-order valence-corrected chi connectivity index (χ0v) is 34.6. The average molecular weight is 766 g/mol. The number of rotatable bonds is 9. The topological polar surface area (TPSA) is 141 Å². The highest BCUT2D eigenvalue weighted by molar-refractivity contribution is 6.74. The second-order valence-corrected chi connectivity index (χ2v) is 21.9. The van der Waals surface area contributed by atoms with E-state index in [0.717, 1.165) is 12.8 Å². The summed E-state index contributed by atoms with van der Waals surface area (Å²) in [6.07, 6.45) is 4.26. The minimum atomic E-state index is -1.94. The quantitative estimate of drug-likeness (QED) is 0.124. The van der Waals surface area contributed by atoms with Crippen molar-refractivity contribution >= 4 is 54.6 Å². The Balaban J connectivity index is 1.46. The van der Waals surface area contributed by atoms with Crippen molar-refractivity contribution < 1.29 is 37.4 Å². The smallest absolute Gasteiger partial charge is 0.414 e. The maximum absolute atomic E-state index is 16.8. The van der Waals surface area contributed by atoms with Crippen molar-refractivity contribution in [3.05, 3.63) is 41.6 Å². The number of carbonyl (C=O) groups is 3. The maximum atomic E-state index is 16.8. The summed E-state index contributed by atoms with van der Waals surface area (Å²) in [4.78, 5) is 50.0. The van der Waals surface area contributed by atoms with E-state index in [2.05, 4.69) is 49.5 Å². The van der Waals surface area contributed by atoms with E-state index in [1.807, 2.05) is 20.8 Å². The van der Waals surface area contributed by atoms with Gasteiger partial charge in [-0.2, -0.15) is 0 Å². The summed E-state index contributed by atoms with van der Waals surface area (Å²) in [5, 5.41) is 6.13. The molecular formula is C40H56FN5O7Si. The van der Waals surface area contributed by atoms with E-state index in [-0.39, 0.29) is 45.6 Å². The van der Waals surface area contributed by atoms with Crippen LogP contribution in [0.5, 0.6) is 0 Å². The highest BCUT2D eigenvalue weighted by atomic mass is 28.4. The molecule has 5 rings (SSSR count). The van der Waals surface area contributed by atoms with Crippen LogP contribution in [-0.4, -0.2) is 67.5 Å². The van der Waals surface area contributed by atoms with Crippen LogP contribution in [-0.2, 0) is 25.1 Å². The Bertz CT molecular complexity index is 1900. The molecule has 0 spiro atoms. The van der Waals surface area contributed by atoms with Crippen LogP contribution >= 0.6 is 0 Å². The minimum Gasteiger partial charge on any atom is -0.449 e. The Labute approximate surface area is 319 Å². The predicted molar refractivity (Wildman–Crippen MR) is 211 cm³/mol. The van der Waals surface area contributed by atoms with Gasteiger partial charge >= 0.3 is 18.3 Å². The van der Waals surface area contributed by atoms with Gasteiger partial charge in [-0.25, -0.2) is 23.8 Å². The summed E-state index contributed by atoms with van der Waals surface area (Å²) in [6.45, 7) is 22.7. The third kappa shape index (κ3) is 9.31. The number of anilines is 3. The molecule has 294 valence electrons. The van der Waals surface area contributed by atoms with E-state index in [4.69, 9.17) is 23.6 Å². The van der Waals surface area contributed by atoms with E-state index in [9.17, 15) is 14.4 Å². The first-order valence-corrected chi connectivity index (χ1v) is 21.8. The number of hydrogen-bond donors (Lipinski definition) is 2. The molecular weight excluding hydrogens is 710 g/mol. The first kappa shape index (κ1) is 40.9. The Morgan fingerprint density at radius 1 is 0.981 bits per heavy atom. The van der Waals surface area contributed by atoms with Crippen LogP contribution in [0.2, 0.25) is 18.1 Å². The van der Waals surface area contributed by atoms with E-state index < -0.39 is 38.0 Å². The van der Waals surface area contributed by atoms with Crippen molar-refractivity contribution in [2.45, 2.75) is 130 Å². The lowest BCUT2D eigenvalue weighted by Gasteiger charge is -2.44. The maximum Gasteiger partial charge on any atom is 0.414 e. The second kappa shape index (κ2) is 15.8. The van der Waals surface area contributed by atoms with E-state index in [1.54, 1.807) is 44.0 Å². The van der Waals surface area contributed by atoms with Crippen LogP contribution in [0.1, 0.15) is 92.3 Å². The number of amides is 3. The van der Waals surface area contributed by atoms with Crippen LogP contribution in [0.25, 0.3) is 21.9 Å². The fourth-order valence-corrected chi connectivity index (χ4v) is 7.80. The zero-order valence-electron chi connectivity index (χ0n) is 33.6. The van der Waals surface area contributed by atoms with Gasteiger partial charge in [0.1, 0.15) is 17.5 Å². The summed E-state index contributed by atoms with van der Waals surface area (Å²) in [6, 6.07) is 3.20. The molecule has 2 aromatic heterocycles. The molecule has 3 amide bonds. The average Bonchev–Trinajstić information content (AvgIpc) is 3.03. The van der Waals surface area contributed by atoms with Gasteiger partial charge in [0.05, 0.1) is 29.8 Å². The molecule has 1 saturated carbocycles. The monoisotopic (exact) mass is 765 g/mol. The molecule has 54 heavy (non-hydrogen) atoms. The highest BCUT2D eigenvalue weighted by Crippen LogP contribution is 2.43. The van der Waals surface area contributed by atoms with Gasteiger partial charge < -0.3 is 18.6 Å². The van der Waals surface area contributed by atoms with Crippen LogP contribution in [0.3, 0.4) is 0 Å². The molecule has 14 heteroatoms. The summed E-state index contributed by atoms with van der Waals surface area (Å²) in [7, 11) is -1.94. The molecule has 1 fully saturated rings. The Kier molecular flexibility index (Phi) is 12.0. The number of fused-ring (bicyclic) bond motifs is 2. The predicted octanol–water partition coefficient (Wildman–Crippen LogP) is 10.1. The highest BCUT2D eigenvalue weighted by Gasteiger charge is 2.43. The summed E-state index contributed by atoms with van der Waals surface area (Å²) < 4.78 is 40.0. The van der Waals surface area contributed by atoms with Crippen LogP contribution in [0.4, 0.5) is 36.0 Å². The Morgan fingerprint density at radius 2 is 1.69 bits per heavy atom. The van der Waals surface area contributed by atoms with E-state index in [0.29, 0.717) is 60.3 Å². The van der Waals surface area contributed by atoms with Crippen molar-refractivity contribution in [3.8, 4) is 11.1 Å². The molecule has 2 N–H and O–H groups in total. The number of nitrogens with one attached hydrogen (secondary N) is 2. The van der Waals surface area contributed by atoms with Gasteiger partial charge in [0, 0.05) is 48.3 Å². The SMILES string of the molecule is CCCCOC(=O)N1CC(C)Cc2ncc(-c3cc4cc(NC(=O)OC5CC(O[Si](C)(C)C(C)(C)C)C5)ncc4c(NC(=O)OC(C)(C)C)c3F)c(C)c21. The summed E-state index contributed by atoms with van der Waals surface area (Å²) in [5.74, 6) is -0.416. The molecule has 2 aliphatic rings. The first-order valence-electron chi connectivity index (χ1n) is 18.9. The Hall–Kier alpha value is -4.30. The number of ether oxygens (including phenoxy) is 3. The van der Waals surface area contributed by atoms with E-state index >= 15 is 4.39 Å². The van der Waals surface area contributed by atoms with Crippen molar-refractivity contribution in [3.63, 3.8) is 0 Å². The lowest BCUT2D eigenvalue weighted by Crippen LogP contribution is -2.49. The van der Waals surface area contributed by atoms with Crippen molar-refractivity contribution in [1.29, 1.82) is 0 Å². The van der Waals surface area contributed by atoms with Gasteiger partial charge in [-0.1, -0.05) is 41.0 Å². The minimum absolute atomic E-state index is 0.0513. The summed E-state index contributed by atoms with van der Waals surface area (Å²) >= 11 is 0. The number of nitrogens with zero attached hydrogens (tertiary/aromatic N) is 3. The lowest BCUT2D eigenvalue weighted by molar-refractivity contribution is -0.0243. The van der Waals surface area contributed by atoms with Crippen molar-refractivity contribution in [2.24, 2.45) is 5.92 Å². The van der Waals surface area contributed by atoms with Gasteiger partial charge in [-0.05, 0) is 87.7 Å². The molecule has 1 atom stereocenters. The van der Waals surface area contributed by atoms with Gasteiger partial charge in [-0.3, -0.25) is 20.5 Å². The molecule has 3 aromatic rings. The third-order valence-corrected chi connectivity index (χ3v) is 14.9. The molecule has 1 aliphatic heterocycles. The fourth-order valence-electron chi connectivity index (χ4n) is 6.42. The number of carbonyl (C=O) groups excluding carboxylic acids is 3. The molecule has 0 saturated heterocycles. The number of halogens is 1. The normalized spacial score (nSPS) is 18.7. The molecule has 1 aliphatic carbocycles. The standard InChI is InChI=1S/C40H56FN5O7Si/c1-12-13-14-50-38(49)46-22-23(2)15-31-35(46)24(3)29(20-42-31)28-16-25-17-32(43-21-30(25)34(33(28)41)45-37(48)52-39(4,5)6)44-36(47)51-26-18-27(19-26)53-54(10,11)40(7,8)9/h16-17,20-21,23,26-27H,12-15,18-19,22H2,1-11H3,(H,45,48)(H,43,44,47). The molecule has 1 unspecified atom stereocenters. The number of unbranched alkanes of at least 4 members (excludes halogenated alkanes) is 1. The van der Waals surface area contributed by atoms with Crippen LogP contribution in [0.15, 0.2) is 24.5 Å². The van der Waals surface area contributed by atoms with E-state index in [1.165, 1.54) is 6.20 Å². The van der Waals surface area contributed by atoms with Gasteiger partial charge in [0.15, 0.2) is 14.1 Å². The second-order valence-electron chi connectivity index (χ2n) is 17.1. The molecule has 1 aromatic carbocycles. The first-order chi connectivity index (χ1) is 25.2. The molecule has 12 nitrogen and oxygen atoms in total. The number of aromatic nitrogens is 2. The van der Waals surface area contributed by atoms with Crippen molar-refractivity contribution in [1.82, 2.24) is 9.97 Å². The van der Waals surface area contributed by atoms with Gasteiger partial charge in [-0.15, -0.1) is 0 Å². The lowest BCUT2D eigenvalue weighted by atomic mass is 9.91. The molecule has 3 heterocycles. The number of pyridine rings is 2. The van der Waals surface area contributed by atoms with Gasteiger partial charge in [0.25, 0.3) is 0 Å². The molecule has 0 radical (unpaired) electrons. The number of benzene rings is 1. The third-order valence-electron chi connectivity index (χ3n) is 10.3.